The van der Waals surface area contributed by atoms with Crippen LogP contribution < -0.4 is 25.5 Å². The van der Waals surface area contributed by atoms with E-state index in [0.717, 1.165) is 0 Å². The van der Waals surface area contributed by atoms with Gasteiger partial charge in [-0.1, -0.05) is 97.1 Å². The standard InChI is InChI=1S/C44H26BN3S/c1-3-13-27(14-4-1)46-36-22-12-23-37-41(36)45(44-43(32-18-8-10-24-40(32)49-44)47(37)28-15-5-2-6-16-28)34-26-38-33(25-39(34)46)31-20-11-19-30-29-17-7-9-21-35(29)48(38)42(30)31/h1-26H. The van der Waals surface area contributed by atoms with Crippen LogP contribution in [0.2, 0.25) is 0 Å². The highest BCUT2D eigenvalue weighted by atomic mass is 32.1. The molecule has 5 heteroatoms. The predicted molar refractivity (Wildman–Crippen MR) is 211 cm³/mol. The number of hydrogen-bond acceptors (Lipinski definition) is 3. The van der Waals surface area contributed by atoms with Gasteiger partial charge in [0.2, 0.25) is 0 Å². The SMILES string of the molecule is c1ccc(N2c3cc4c5cccc6c7ccccc7n(c4cc3B3c4sc7ccccc7c4N(c4ccccc4)c4cccc2c43)c65)cc1. The first kappa shape index (κ1) is 26.0. The number of para-hydroxylation sites is 4. The van der Waals surface area contributed by atoms with Crippen molar-refractivity contribution < 1.29 is 0 Å². The number of aromatic nitrogens is 1. The van der Waals surface area contributed by atoms with Crippen LogP contribution in [0.25, 0.3) is 48.2 Å². The Morgan fingerprint density at radius 2 is 1.06 bits per heavy atom. The summed E-state index contributed by atoms with van der Waals surface area (Å²) in [4.78, 5) is 5.03. The molecule has 2 aliphatic rings. The zero-order valence-electron chi connectivity index (χ0n) is 26.3. The van der Waals surface area contributed by atoms with E-state index in [1.165, 1.54) is 98.0 Å². The first-order chi connectivity index (χ1) is 24.3. The third-order valence-corrected chi connectivity index (χ3v) is 12.1. The maximum atomic E-state index is 2.53. The Labute approximate surface area is 286 Å². The molecule has 0 radical (unpaired) electrons. The molecule has 0 saturated heterocycles. The van der Waals surface area contributed by atoms with Crippen LogP contribution in [0.5, 0.6) is 0 Å². The average molecular weight is 640 g/mol. The molecule has 0 atom stereocenters. The van der Waals surface area contributed by atoms with E-state index in [0.29, 0.717) is 0 Å². The van der Waals surface area contributed by atoms with Crippen molar-refractivity contribution in [2.24, 2.45) is 0 Å². The van der Waals surface area contributed by atoms with Crippen molar-refractivity contribution in [3.8, 4) is 0 Å². The molecule has 7 aromatic carbocycles. The van der Waals surface area contributed by atoms with Crippen LogP contribution in [0.4, 0.5) is 34.1 Å². The molecule has 226 valence electrons. The topological polar surface area (TPSA) is 10.9 Å². The van der Waals surface area contributed by atoms with Gasteiger partial charge in [0, 0.05) is 64.8 Å². The minimum Gasteiger partial charge on any atom is -0.311 e. The summed E-state index contributed by atoms with van der Waals surface area (Å²) in [6.45, 7) is 0.0832. The highest BCUT2D eigenvalue weighted by Crippen LogP contribution is 2.49. The summed E-state index contributed by atoms with van der Waals surface area (Å²) in [6, 6.07) is 58.4. The largest absolute Gasteiger partial charge is 0.311 e. The molecule has 12 rings (SSSR count). The van der Waals surface area contributed by atoms with E-state index in [1.54, 1.807) is 0 Å². The molecule has 0 amide bonds. The van der Waals surface area contributed by atoms with Gasteiger partial charge in [-0.2, -0.15) is 0 Å². The lowest BCUT2D eigenvalue weighted by Crippen LogP contribution is -2.60. The summed E-state index contributed by atoms with van der Waals surface area (Å²) in [7, 11) is 0. The van der Waals surface area contributed by atoms with E-state index in [4.69, 9.17) is 0 Å². The lowest BCUT2D eigenvalue weighted by molar-refractivity contribution is 1.26. The first-order valence-electron chi connectivity index (χ1n) is 16.9. The van der Waals surface area contributed by atoms with Crippen molar-refractivity contribution in [1.82, 2.24) is 4.40 Å². The van der Waals surface area contributed by atoms with Crippen molar-refractivity contribution in [2.45, 2.75) is 0 Å². The number of benzene rings is 7. The maximum Gasteiger partial charge on any atom is 0.264 e. The van der Waals surface area contributed by atoms with Crippen LogP contribution in [-0.4, -0.2) is 11.1 Å². The zero-order chi connectivity index (χ0) is 31.8. The molecule has 0 saturated carbocycles. The van der Waals surface area contributed by atoms with E-state index < -0.39 is 0 Å². The number of anilines is 6. The lowest BCUT2D eigenvalue weighted by Gasteiger charge is -2.43. The van der Waals surface area contributed by atoms with Gasteiger partial charge in [0.25, 0.3) is 6.71 Å². The van der Waals surface area contributed by atoms with E-state index in [9.17, 15) is 0 Å². The number of rotatable bonds is 2. The summed E-state index contributed by atoms with van der Waals surface area (Å²) in [5, 5.41) is 6.53. The van der Waals surface area contributed by atoms with Crippen LogP contribution >= 0.6 is 11.3 Å². The number of nitrogens with zero attached hydrogens (tertiary/aromatic N) is 3. The second-order valence-electron chi connectivity index (χ2n) is 13.3. The van der Waals surface area contributed by atoms with E-state index in [1.807, 2.05) is 11.3 Å². The van der Waals surface area contributed by atoms with E-state index in [2.05, 4.69) is 172 Å². The molecule has 2 aliphatic heterocycles. The minimum atomic E-state index is 0.0832. The lowest BCUT2D eigenvalue weighted by atomic mass is 9.36. The predicted octanol–water partition coefficient (Wildman–Crippen LogP) is 10.1. The quantitative estimate of drug-likeness (QED) is 0.174. The smallest absolute Gasteiger partial charge is 0.264 e. The van der Waals surface area contributed by atoms with Crippen LogP contribution in [0.15, 0.2) is 158 Å². The fourth-order valence-corrected chi connectivity index (χ4v) is 10.3. The van der Waals surface area contributed by atoms with E-state index in [-0.39, 0.29) is 6.71 Å². The van der Waals surface area contributed by atoms with Crippen LogP contribution in [0.3, 0.4) is 0 Å². The monoisotopic (exact) mass is 639 g/mol. The molecule has 10 aromatic rings. The van der Waals surface area contributed by atoms with Crippen molar-refractivity contribution in [2.75, 3.05) is 9.80 Å². The third kappa shape index (κ3) is 3.23. The Morgan fingerprint density at radius 1 is 0.449 bits per heavy atom. The van der Waals surface area contributed by atoms with Gasteiger partial charge in [-0.05, 0) is 71.6 Å². The highest BCUT2D eigenvalue weighted by molar-refractivity contribution is 7.33. The van der Waals surface area contributed by atoms with Gasteiger partial charge in [-0.15, -0.1) is 11.3 Å². The summed E-state index contributed by atoms with van der Waals surface area (Å²) >= 11 is 1.95. The molecule has 0 fully saturated rings. The van der Waals surface area contributed by atoms with Gasteiger partial charge in [0.15, 0.2) is 0 Å². The number of hydrogen-bond donors (Lipinski definition) is 0. The van der Waals surface area contributed by atoms with E-state index >= 15 is 0 Å². The minimum absolute atomic E-state index is 0.0832. The molecule has 5 heterocycles. The van der Waals surface area contributed by atoms with Crippen molar-refractivity contribution in [1.29, 1.82) is 0 Å². The Hall–Kier alpha value is -6.04. The average Bonchev–Trinajstić information content (AvgIpc) is 3.82. The summed E-state index contributed by atoms with van der Waals surface area (Å²) in [5.74, 6) is 0. The fraction of sp³-hybridized carbons (Fsp3) is 0. The molecule has 0 unspecified atom stereocenters. The molecule has 49 heavy (non-hydrogen) atoms. The van der Waals surface area contributed by atoms with Crippen molar-refractivity contribution in [3.63, 3.8) is 0 Å². The van der Waals surface area contributed by atoms with Crippen LogP contribution in [0, 0.1) is 0 Å². The molecule has 0 spiro atoms. The number of thiophene rings is 1. The van der Waals surface area contributed by atoms with Gasteiger partial charge in [-0.3, -0.25) is 0 Å². The molecular weight excluding hydrogens is 613 g/mol. The molecule has 3 aromatic heterocycles. The maximum absolute atomic E-state index is 2.53. The number of fused-ring (bicyclic) bond motifs is 12. The molecule has 3 nitrogen and oxygen atoms in total. The first-order valence-corrected chi connectivity index (χ1v) is 17.7. The normalized spacial score (nSPS) is 13.6. The van der Waals surface area contributed by atoms with Crippen molar-refractivity contribution >= 4 is 116 Å². The van der Waals surface area contributed by atoms with Gasteiger partial charge in [-0.25, -0.2) is 0 Å². The Morgan fingerprint density at radius 3 is 1.86 bits per heavy atom. The fourth-order valence-electron chi connectivity index (χ4n) is 8.99. The summed E-state index contributed by atoms with van der Waals surface area (Å²) in [5.41, 5.74) is 14.0. The highest BCUT2D eigenvalue weighted by Gasteiger charge is 2.45. The summed E-state index contributed by atoms with van der Waals surface area (Å²) < 4.78 is 5.24. The molecule has 0 N–H and O–H groups in total. The van der Waals surface area contributed by atoms with Gasteiger partial charge in [0.05, 0.1) is 22.2 Å². The Bertz CT molecular complexity index is 2960. The van der Waals surface area contributed by atoms with Crippen LogP contribution in [-0.2, 0) is 0 Å². The van der Waals surface area contributed by atoms with Gasteiger partial charge < -0.3 is 14.2 Å². The van der Waals surface area contributed by atoms with Crippen molar-refractivity contribution in [3.05, 3.63) is 158 Å². The Balaban J connectivity index is 1.26. The molecule has 0 bridgehead atoms. The van der Waals surface area contributed by atoms with Gasteiger partial charge >= 0.3 is 0 Å². The summed E-state index contributed by atoms with van der Waals surface area (Å²) in [6.07, 6.45) is 0. The van der Waals surface area contributed by atoms with Crippen LogP contribution in [0.1, 0.15) is 0 Å². The third-order valence-electron chi connectivity index (χ3n) is 10.9. The molecule has 0 aliphatic carbocycles. The zero-order valence-corrected chi connectivity index (χ0v) is 27.2. The Kier molecular flexibility index (Phi) is 4.94. The second kappa shape index (κ2) is 9.31. The van der Waals surface area contributed by atoms with Gasteiger partial charge in [0.1, 0.15) is 0 Å². The molecular formula is C44H26BN3S. The second-order valence-corrected chi connectivity index (χ2v) is 14.4.